The van der Waals surface area contributed by atoms with Crippen molar-refractivity contribution >= 4 is 24.3 Å². The Balaban J connectivity index is 0.00000181. The van der Waals surface area contributed by atoms with Crippen molar-refractivity contribution in [3.63, 3.8) is 0 Å². The Morgan fingerprint density at radius 2 is 1.78 bits per heavy atom. The number of pyridine rings is 1. The SMILES string of the molecule is COc1ccc(-c2cnc(N3CCC(N(C)Cc4ccc(/C=C/C(=O)NO)cc4)CC3)c(C#N)c2-c2ccc(C#N)c(F)c2)cc1O.O=CO. The summed E-state index contributed by atoms with van der Waals surface area (Å²) in [5.74, 6) is -0.592. The summed E-state index contributed by atoms with van der Waals surface area (Å²) < 4.78 is 20.1. The van der Waals surface area contributed by atoms with E-state index >= 15 is 0 Å². The number of halogens is 1. The zero-order valence-electron chi connectivity index (χ0n) is 27.4. The number of aromatic hydroxyl groups is 1. The minimum atomic E-state index is -0.695. The van der Waals surface area contributed by atoms with Gasteiger partial charge in [0, 0.05) is 49.1 Å². The first-order valence-corrected chi connectivity index (χ1v) is 15.4. The molecule has 12 nitrogen and oxygen atoms in total. The Morgan fingerprint density at radius 1 is 1.10 bits per heavy atom. The fourth-order valence-electron chi connectivity index (χ4n) is 5.86. The molecule has 13 heteroatoms. The molecule has 1 aromatic heterocycles. The lowest BCUT2D eigenvalue weighted by Crippen LogP contribution is -2.43. The summed E-state index contributed by atoms with van der Waals surface area (Å²) in [4.78, 5) is 28.7. The quantitative estimate of drug-likeness (QED) is 0.0777. The first-order valence-electron chi connectivity index (χ1n) is 15.4. The number of carbonyl (C=O) groups is 2. The van der Waals surface area contributed by atoms with Gasteiger partial charge in [-0.1, -0.05) is 36.4 Å². The summed E-state index contributed by atoms with van der Waals surface area (Å²) >= 11 is 0. The van der Waals surface area contributed by atoms with Crippen molar-refractivity contribution in [2.75, 3.05) is 32.1 Å². The van der Waals surface area contributed by atoms with Gasteiger partial charge in [0.1, 0.15) is 29.3 Å². The van der Waals surface area contributed by atoms with Crippen LogP contribution in [0.5, 0.6) is 11.5 Å². The monoisotopic (exact) mass is 678 g/mol. The third-order valence-electron chi connectivity index (χ3n) is 8.38. The Bertz CT molecular complexity index is 1950. The van der Waals surface area contributed by atoms with Gasteiger partial charge < -0.3 is 19.8 Å². The molecule has 0 aliphatic carbocycles. The van der Waals surface area contributed by atoms with E-state index in [0.717, 1.165) is 30.5 Å². The molecule has 1 amide bonds. The predicted molar refractivity (Wildman–Crippen MR) is 184 cm³/mol. The van der Waals surface area contributed by atoms with Gasteiger partial charge in [-0.05, 0) is 72.5 Å². The van der Waals surface area contributed by atoms with Crippen LogP contribution in [0.3, 0.4) is 0 Å². The molecule has 2 heterocycles. The topological polar surface area (TPSA) is 183 Å². The fourth-order valence-corrected chi connectivity index (χ4v) is 5.86. The van der Waals surface area contributed by atoms with E-state index in [1.807, 2.05) is 30.3 Å². The van der Waals surface area contributed by atoms with Gasteiger partial charge in [0.25, 0.3) is 12.4 Å². The van der Waals surface area contributed by atoms with E-state index in [0.29, 0.717) is 47.2 Å². The molecular weight excluding hydrogens is 643 g/mol. The van der Waals surface area contributed by atoms with E-state index in [4.69, 9.17) is 24.8 Å². The number of hydrogen-bond donors (Lipinski definition) is 4. The minimum Gasteiger partial charge on any atom is -0.504 e. The summed E-state index contributed by atoms with van der Waals surface area (Å²) in [6.45, 7) is 1.78. The molecule has 0 unspecified atom stereocenters. The Kier molecular flexibility index (Phi) is 12.6. The molecule has 1 fully saturated rings. The van der Waals surface area contributed by atoms with Crippen molar-refractivity contribution in [1.82, 2.24) is 15.4 Å². The molecule has 1 aliphatic rings. The highest BCUT2D eigenvalue weighted by Gasteiger charge is 2.28. The van der Waals surface area contributed by atoms with E-state index in [1.165, 1.54) is 31.4 Å². The largest absolute Gasteiger partial charge is 0.504 e. The Morgan fingerprint density at radius 3 is 2.36 bits per heavy atom. The standard InChI is InChI=1S/C36H33FN6O4.CH2O2/c1-42(22-24-5-3-23(4-6-24)7-12-34(45)41-46)28-13-15-43(16-14-28)36-29(20-39)35(26-8-9-27(19-38)31(37)17-26)30(21-40-36)25-10-11-33(47-2)32(44)18-25;2-1-3/h3-12,17-18,21,28,44,46H,13-16,22H2,1-2H3,(H,41,45);1H,(H,2,3)/b12-7+;. The molecule has 0 radical (unpaired) electrons. The molecule has 50 heavy (non-hydrogen) atoms. The zero-order valence-corrected chi connectivity index (χ0v) is 27.4. The number of carboxylic acid groups (broad SMARTS) is 1. The number of phenolic OH excluding ortho intramolecular Hbond substituents is 1. The van der Waals surface area contributed by atoms with Crippen LogP contribution in [0.4, 0.5) is 10.2 Å². The summed E-state index contributed by atoms with van der Waals surface area (Å²) in [5, 5.41) is 45.8. The third kappa shape index (κ3) is 8.59. The van der Waals surface area contributed by atoms with Crippen LogP contribution in [0.25, 0.3) is 28.3 Å². The molecule has 3 aromatic carbocycles. The van der Waals surface area contributed by atoms with Crippen LogP contribution in [0.15, 0.2) is 72.9 Å². The van der Waals surface area contributed by atoms with Crippen molar-refractivity contribution < 1.29 is 34.1 Å². The average molecular weight is 679 g/mol. The number of nitrogens with zero attached hydrogens (tertiary/aromatic N) is 5. The van der Waals surface area contributed by atoms with Gasteiger partial charge in [-0.25, -0.2) is 14.9 Å². The highest BCUT2D eigenvalue weighted by Crippen LogP contribution is 2.41. The second-order valence-corrected chi connectivity index (χ2v) is 11.3. The van der Waals surface area contributed by atoms with Gasteiger partial charge in [0.05, 0.1) is 12.7 Å². The van der Waals surface area contributed by atoms with Crippen LogP contribution in [0.2, 0.25) is 0 Å². The number of benzene rings is 3. The number of phenols is 1. The van der Waals surface area contributed by atoms with E-state index < -0.39 is 11.7 Å². The van der Waals surface area contributed by atoms with Crippen LogP contribution in [0.1, 0.15) is 35.1 Å². The first kappa shape index (κ1) is 36.6. The molecule has 256 valence electrons. The lowest BCUT2D eigenvalue weighted by molar-refractivity contribution is -0.124. The Labute approximate surface area is 288 Å². The number of aromatic nitrogens is 1. The number of piperidine rings is 1. The highest BCUT2D eigenvalue weighted by molar-refractivity contribution is 5.91. The van der Waals surface area contributed by atoms with Gasteiger partial charge in [-0.2, -0.15) is 10.5 Å². The minimum absolute atomic E-state index is 0.0874. The second-order valence-electron chi connectivity index (χ2n) is 11.3. The normalized spacial score (nSPS) is 12.8. The van der Waals surface area contributed by atoms with E-state index in [9.17, 15) is 24.8 Å². The van der Waals surface area contributed by atoms with Crippen molar-refractivity contribution in [3.05, 3.63) is 101 Å². The van der Waals surface area contributed by atoms with Gasteiger partial charge in [0.15, 0.2) is 11.5 Å². The maximum Gasteiger partial charge on any atom is 0.290 e. The molecular formula is C37H35FN6O6. The maximum atomic E-state index is 14.9. The number of hydrogen-bond acceptors (Lipinski definition) is 10. The van der Waals surface area contributed by atoms with Crippen LogP contribution >= 0.6 is 0 Å². The first-order chi connectivity index (χ1) is 24.2. The molecule has 0 bridgehead atoms. The molecule has 4 aromatic rings. The summed E-state index contributed by atoms with van der Waals surface area (Å²) in [5.41, 5.74) is 5.67. The summed E-state index contributed by atoms with van der Waals surface area (Å²) in [6.07, 6.45) is 6.17. The van der Waals surface area contributed by atoms with Gasteiger partial charge >= 0.3 is 0 Å². The number of nitrogens with one attached hydrogen (secondary N) is 1. The van der Waals surface area contributed by atoms with Crippen LogP contribution in [-0.2, 0) is 16.1 Å². The second kappa shape index (κ2) is 17.2. The van der Waals surface area contributed by atoms with Crippen molar-refractivity contribution in [2.45, 2.75) is 25.4 Å². The maximum absolute atomic E-state index is 14.9. The molecule has 1 aliphatic heterocycles. The predicted octanol–water partition coefficient (Wildman–Crippen LogP) is 5.33. The molecule has 0 saturated carbocycles. The zero-order chi connectivity index (χ0) is 36.2. The van der Waals surface area contributed by atoms with E-state index in [2.05, 4.69) is 22.9 Å². The van der Waals surface area contributed by atoms with E-state index in [1.54, 1.807) is 36.0 Å². The highest BCUT2D eigenvalue weighted by atomic mass is 19.1. The number of methoxy groups -OCH3 is 1. The average Bonchev–Trinajstić information content (AvgIpc) is 3.14. The number of ether oxygens (including phenoxy) is 1. The van der Waals surface area contributed by atoms with Crippen LogP contribution in [0, 0.1) is 28.5 Å². The fraction of sp³-hybridized carbons (Fsp3) is 0.216. The molecule has 0 atom stereocenters. The lowest BCUT2D eigenvalue weighted by Gasteiger charge is -2.38. The number of nitriles is 2. The molecule has 1 saturated heterocycles. The number of amides is 1. The lowest BCUT2D eigenvalue weighted by atomic mass is 9.91. The van der Waals surface area contributed by atoms with Gasteiger partial charge in [0.2, 0.25) is 0 Å². The number of carbonyl (C=O) groups excluding carboxylic acids is 1. The Hall–Kier alpha value is -6.28. The van der Waals surface area contributed by atoms with Crippen LogP contribution in [-0.4, -0.2) is 71.0 Å². The summed E-state index contributed by atoms with van der Waals surface area (Å²) in [6, 6.07) is 21.4. The molecule has 5 rings (SSSR count). The third-order valence-corrected chi connectivity index (χ3v) is 8.38. The number of anilines is 1. The van der Waals surface area contributed by atoms with Crippen molar-refractivity contribution in [1.29, 1.82) is 10.5 Å². The molecule has 0 spiro atoms. The number of hydroxylamine groups is 1. The van der Waals surface area contributed by atoms with Gasteiger partial charge in [-0.3, -0.25) is 19.7 Å². The van der Waals surface area contributed by atoms with Gasteiger partial charge in [-0.15, -0.1) is 0 Å². The molecule has 4 N–H and O–H groups in total. The van der Waals surface area contributed by atoms with Crippen LogP contribution < -0.4 is 15.1 Å². The van der Waals surface area contributed by atoms with E-state index in [-0.39, 0.29) is 29.1 Å². The van der Waals surface area contributed by atoms with Crippen molar-refractivity contribution in [2.24, 2.45) is 0 Å². The smallest absolute Gasteiger partial charge is 0.290 e. The van der Waals surface area contributed by atoms with Crippen molar-refractivity contribution in [3.8, 4) is 45.9 Å². The summed E-state index contributed by atoms with van der Waals surface area (Å²) in [7, 11) is 3.53. The number of rotatable bonds is 9.